The molecule has 3 amide bonds. The minimum atomic E-state index is -0.646. The first kappa shape index (κ1) is 35.4. The van der Waals surface area contributed by atoms with Gasteiger partial charge in [-0.1, -0.05) is 24.1 Å². The molecular weight excluding hydrogens is 659 g/mol. The van der Waals surface area contributed by atoms with Gasteiger partial charge in [0.2, 0.25) is 0 Å². The van der Waals surface area contributed by atoms with Crippen LogP contribution in [0.3, 0.4) is 0 Å². The summed E-state index contributed by atoms with van der Waals surface area (Å²) < 4.78 is 5.69. The van der Waals surface area contributed by atoms with Crippen LogP contribution in [0.1, 0.15) is 92.8 Å². The molecule has 51 heavy (non-hydrogen) atoms. The van der Waals surface area contributed by atoms with Gasteiger partial charge in [-0.05, 0) is 120 Å². The van der Waals surface area contributed by atoms with E-state index < -0.39 is 11.5 Å². The zero-order valence-electron chi connectivity index (χ0n) is 30.9. The number of H-pyrrole nitrogens is 1. The summed E-state index contributed by atoms with van der Waals surface area (Å²) in [5.74, 6) is 0.733. The molecule has 2 bridgehead atoms. The van der Waals surface area contributed by atoms with Crippen LogP contribution in [0.25, 0.3) is 21.5 Å². The SMILES string of the molecule is Cc1cc(C)cc(-c2[nH]c3sc(C(C)(C)C(=O)C4C5CCC4NC5)cc3c2C(C)CN(C(=O)OC(C)C)C(=O)N2CCC(c3ccncc3)C2)c1. The van der Waals surface area contributed by atoms with E-state index >= 15 is 0 Å². The number of hydrogen-bond donors (Lipinski definition) is 2. The second-order valence-electron chi connectivity index (χ2n) is 15.9. The molecule has 3 aromatic heterocycles. The first-order valence-electron chi connectivity index (χ1n) is 18.5. The topological polar surface area (TPSA) is 108 Å². The lowest BCUT2D eigenvalue weighted by atomic mass is 9.76. The van der Waals surface area contributed by atoms with Crippen LogP contribution in [0.5, 0.6) is 0 Å². The van der Waals surface area contributed by atoms with Gasteiger partial charge in [-0.15, -0.1) is 11.3 Å². The van der Waals surface area contributed by atoms with Gasteiger partial charge in [0, 0.05) is 66.1 Å². The van der Waals surface area contributed by atoms with Gasteiger partial charge in [-0.2, -0.15) is 0 Å². The molecule has 2 aliphatic heterocycles. The zero-order valence-corrected chi connectivity index (χ0v) is 31.7. The second kappa shape index (κ2) is 13.8. The van der Waals surface area contributed by atoms with Crippen LogP contribution in [0, 0.1) is 25.7 Å². The Balaban J connectivity index is 1.24. The standard InChI is InChI=1S/C41H51N5O4S/c1-23(2)50-40(49)46(39(48)45-15-12-29(22-45)27-10-13-42-14-11-27)21-26(5)34-31-19-33(41(6,7)37(47)35-28-8-9-32(35)43-20-28)51-38(31)44-36(34)30-17-24(3)16-25(4)18-30/h10-11,13-14,16-19,23,26,28-29,32,35,43-44H,8-9,12,15,20-22H2,1-7H3. The maximum atomic E-state index is 14.2. The second-order valence-corrected chi connectivity index (χ2v) is 17.0. The first-order valence-corrected chi connectivity index (χ1v) is 19.3. The molecule has 2 saturated heterocycles. The van der Waals surface area contributed by atoms with Gasteiger partial charge in [0.05, 0.1) is 17.2 Å². The molecule has 5 unspecified atom stereocenters. The molecular formula is C41H51N5O4S. The van der Waals surface area contributed by atoms with Crippen molar-refractivity contribution in [3.8, 4) is 11.3 Å². The third-order valence-electron chi connectivity index (χ3n) is 11.4. The van der Waals surface area contributed by atoms with E-state index in [1.54, 1.807) is 42.5 Å². The van der Waals surface area contributed by atoms with E-state index in [0.717, 1.165) is 74.4 Å². The van der Waals surface area contributed by atoms with E-state index in [1.165, 1.54) is 4.90 Å². The Bertz CT molecular complexity index is 1910. The van der Waals surface area contributed by atoms with E-state index in [0.29, 0.717) is 24.8 Å². The van der Waals surface area contributed by atoms with Crippen LogP contribution in [0.2, 0.25) is 0 Å². The molecule has 0 radical (unpaired) electrons. The van der Waals surface area contributed by atoms with Gasteiger partial charge in [0.25, 0.3) is 0 Å². The molecule has 5 heterocycles. The molecule has 10 heteroatoms. The number of thiophene rings is 1. The number of nitrogens with zero attached hydrogens (tertiary/aromatic N) is 3. The van der Waals surface area contributed by atoms with Gasteiger partial charge in [0.1, 0.15) is 10.6 Å². The number of nitrogens with one attached hydrogen (secondary N) is 2. The van der Waals surface area contributed by atoms with Crippen LogP contribution >= 0.6 is 11.3 Å². The molecule has 0 spiro atoms. The van der Waals surface area contributed by atoms with Crippen molar-refractivity contribution in [1.29, 1.82) is 0 Å². The summed E-state index contributed by atoms with van der Waals surface area (Å²) in [5, 5.41) is 4.61. The van der Waals surface area contributed by atoms with Crippen LogP contribution in [-0.4, -0.2) is 76.0 Å². The number of urea groups is 1. The van der Waals surface area contributed by atoms with Gasteiger partial charge in [0.15, 0.2) is 0 Å². The zero-order chi connectivity index (χ0) is 36.2. The highest BCUT2D eigenvalue weighted by Crippen LogP contribution is 2.47. The van der Waals surface area contributed by atoms with E-state index in [1.807, 2.05) is 12.1 Å². The number of piperidine rings is 1. The highest BCUT2D eigenvalue weighted by Gasteiger charge is 2.50. The highest BCUT2D eigenvalue weighted by atomic mass is 32.1. The number of fused-ring (bicyclic) bond motifs is 3. The summed E-state index contributed by atoms with van der Waals surface area (Å²) >= 11 is 1.65. The van der Waals surface area contributed by atoms with Crippen LogP contribution in [0.15, 0.2) is 48.8 Å². The van der Waals surface area contributed by atoms with Crippen molar-refractivity contribution >= 4 is 39.5 Å². The number of aryl methyl sites for hydroxylation is 2. The van der Waals surface area contributed by atoms with Crippen LogP contribution < -0.4 is 5.32 Å². The Hall–Kier alpha value is -4.02. The molecule has 3 fully saturated rings. The highest BCUT2D eigenvalue weighted by molar-refractivity contribution is 7.19. The van der Waals surface area contributed by atoms with Crippen LogP contribution in [-0.2, 0) is 14.9 Å². The lowest BCUT2D eigenvalue weighted by molar-refractivity contribution is -0.128. The summed E-state index contributed by atoms with van der Waals surface area (Å²) in [6.45, 7) is 16.2. The Morgan fingerprint density at radius 3 is 2.39 bits per heavy atom. The summed E-state index contributed by atoms with van der Waals surface area (Å²) in [6, 6.07) is 12.6. The molecule has 1 saturated carbocycles. The normalized spacial score (nSPS) is 22.2. The number of hydrogen-bond acceptors (Lipinski definition) is 7. The van der Waals surface area contributed by atoms with Crippen molar-refractivity contribution in [1.82, 2.24) is 25.1 Å². The van der Waals surface area contributed by atoms with Crippen molar-refractivity contribution in [2.45, 2.75) is 97.1 Å². The Kier molecular flexibility index (Phi) is 9.60. The summed E-state index contributed by atoms with van der Waals surface area (Å²) in [5.41, 5.74) is 5.89. The third kappa shape index (κ3) is 6.73. The predicted octanol–water partition coefficient (Wildman–Crippen LogP) is 8.31. The van der Waals surface area contributed by atoms with Crippen LogP contribution in [0.4, 0.5) is 9.59 Å². The first-order chi connectivity index (χ1) is 24.3. The number of ketones is 1. The largest absolute Gasteiger partial charge is 0.446 e. The number of imide groups is 1. The molecule has 1 aliphatic carbocycles. The van der Waals surface area contributed by atoms with E-state index in [9.17, 15) is 14.4 Å². The number of carbonyl (C=O) groups excluding carboxylic acids is 3. The fraction of sp³-hybridized carbons (Fsp3) is 0.512. The fourth-order valence-electron chi connectivity index (χ4n) is 8.82. The number of ether oxygens (including phenoxy) is 1. The number of aromatic nitrogens is 2. The molecule has 7 rings (SSSR count). The number of benzene rings is 1. The van der Waals surface area contributed by atoms with E-state index in [4.69, 9.17) is 4.74 Å². The number of pyridine rings is 1. The number of rotatable bonds is 9. The number of aromatic amines is 1. The maximum Gasteiger partial charge on any atom is 0.418 e. The Morgan fingerprint density at radius 1 is 1.04 bits per heavy atom. The van der Waals surface area contributed by atoms with Crippen molar-refractivity contribution in [3.05, 3.63) is 75.9 Å². The molecule has 270 valence electrons. The Labute approximate surface area is 305 Å². The smallest absolute Gasteiger partial charge is 0.418 e. The van der Waals surface area contributed by atoms with E-state index in [-0.39, 0.29) is 42.5 Å². The van der Waals surface area contributed by atoms with Gasteiger partial charge in [-0.25, -0.2) is 14.5 Å². The fourth-order valence-corrected chi connectivity index (χ4v) is 10.0. The lowest BCUT2D eigenvalue weighted by Gasteiger charge is -2.29. The number of Topliss-reactive ketones (excluding diaryl/α,β-unsaturated/α-hetero) is 1. The minimum absolute atomic E-state index is 0.0555. The summed E-state index contributed by atoms with van der Waals surface area (Å²) in [7, 11) is 0. The molecule has 5 atom stereocenters. The molecule has 4 aromatic rings. The van der Waals surface area contributed by atoms with Gasteiger partial charge < -0.3 is 19.9 Å². The van der Waals surface area contributed by atoms with Gasteiger partial charge in [-0.3, -0.25) is 9.78 Å². The van der Waals surface area contributed by atoms with Gasteiger partial charge >= 0.3 is 12.1 Å². The molecule has 9 nitrogen and oxygen atoms in total. The monoisotopic (exact) mass is 709 g/mol. The summed E-state index contributed by atoms with van der Waals surface area (Å²) in [4.78, 5) is 55.1. The average molecular weight is 710 g/mol. The molecule has 2 N–H and O–H groups in total. The lowest BCUT2D eigenvalue weighted by Crippen LogP contribution is -2.47. The van der Waals surface area contributed by atoms with Crippen molar-refractivity contribution in [3.63, 3.8) is 0 Å². The number of amides is 3. The Morgan fingerprint density at radius 2 is 1.76 bits per heavy atom. The van der Waals surface area contributed by atoms with Crippen molar-refractivity contribution in [2.75, 3.05) is 26.2 Å². The van der Waals surface area contributed by atoms with Crippen molar-refractivity contribution < 1.29 is 19.1 Å². The number of likely N-dealkylation sites (tertiary alicyclic amines) is 1. The predicted molar refractivity (Wildman–Crippen MR) is 202 cm³/mol. The summed E-state index contributed by atoms with van der Waals surface area (Å²) in [6.07, 6.45) is 5.56. The van der Waals surface area contributed by atoms with Crippen molar-refractivity contribution in [2.24, 2.45) is 11.8 Å². The third-order valence-corrected chi connectivity index (χ3v) is 12.8. The molecule has 3 aliphatic rings. The average Bonchev–Trinajstić information content (AvgIpc) is 3.92. The minimum Gasteiger partial charge on any atom is -0.446 e. The maximum absolute atomic E-state index is 14.2. The van der Waals surface area contributed by atoms with E-state index in [2.05, 4.69) is 74.2 Å². The number of carbonyl (C=O) groups is 3. The quantitative estimate of drug-likeness (QED) is 0.181. The molecule has 1 aromatic carbocycles.